The van der Waals surface area contributed by atoms with Gasteiger partial charge in [-0.05, 0) is 63.6 Å². The maximum Gasteiger partial charge on any atom is 0.326 e. The molecule has 2 aromatic heterocycles. The minimum atomic E-state index is -1.11. The van der Waals surface area contributed by atoms with Gasteiger partial charge in [0.05, 0.1) is 11.6 Å². The standard InChI is InChI=1S/C25H35ClN6O4/c1-2-36-15-14-32(12-4-3-7-19-9-8-18-6-5-11-28-23(18)30-19)13-10-21(25(34)35)31-24(33)22-20(26)16-27-17-29-22/h8-9,16-17,21H,2-7,10-15H2,1H3,(H,28,30)(H,31,33)(H,34,35). The molecule has 0 aliphatic carbocycles. The van der Waals surface area contributed by atoms with Gasteiger partial charge in [0.15, 0.2) is 0 Å². The van der Waals surface area contributed by atoms with Gasteiger partial charge in [-0.15, -0.1) is 0 Å². The molecule has 36 heavy (non-hydrogen) atoms. The molecule has 0 saturated carbocycles. The van der Waals surface area contributed by atoms with Gasteiger partial charge >= 0.3 is 5.97 Å². The van der Waals surface area contributed by atoms with E-state index in [1.807, 2.05) is 6.92 Å². The molecule has 1 unspecified atom stereocenters. The SMILES string of the molecule is CCOCCN(CCCCc1ccc2c(n1)NCCC2)CCC(NC(=O)c1ncncc1Cl)C(=O)O. The number of aromatic nitrogens is 3. The fourth-order valence-corrected chi connectivity index (χ4v) is 4.29. The topological polar surface area (TPSA) is 130 Å². The molecule has 0 spiro atoms. The Morgan fingerprint density at radius 2 is 2.14 bits per heavy atom. The van der Waals surface area contributed by atoms with E-state index in [4.69, 9.17) is 21.3 Å². The molecule has 196 valence electrons. The van der Waals surface area contributed by atoms with Gasteiger partial charge in [0.2, 0.25) is 0 Å². The van der Waals surface area contributed by atoms with Gasteiger partial charge in [-0.2, -0.15) is 0 Å². The van der Waals surface area contributed by atoms with Crippen molar-refractivity contribution in [1.29, 1.82) is 0 Å². The summed E-state index contributed by atoms with van der Waals surface area (Å²) in [6, 6.07) is 3.22. The number of carbonyl (C=O) groups is 2. The van der Waals surface area contributed by atoms with Crippen LogP contribution in [0.2, 0.25) is 5.02 Å². The van der Waals surface area contributed by atoms with Crippen LogP contribution in [0.5, 0.6) is 0 Å². The number of nitrogens with one attached hydrogen (secondary N) is 2. The van der Waals surface area contributed by atoms with Crippen LogP contribution in [-0.2, 0) is 22.4 Å². The summed E-state index contributed by atoms with van der Waals surface area (Å²) in [5, 5.41) is 15.6. The molecular weight excluding hydrogens is 484 g/mol. The van der Waals surface area contributed by atoms with Crippen LogP contribution < -0.4 is 10.6 Å². The lowest BCUT2D eigenvalue weighted by molar-refractivity contribution is -0.139. The lowest BCUT2D eigenvalue weighted by Crippen LogP contribution is -2.44. The first-order valence-electron chi connectivity index (χ1n) is 12.5. The van der Waals surface area contributed by atoms with E-state index in [2.05, 4.69) is 37.6 Å². The van der Waals surface area contributed by atoms with E-state index >= 15 is 0 Å². The normalized spacial score (nSPS) is 13.6. The number of rotatable bonds is 15. The third-order valence-electron chi connectivity index (χ3n) is 6.09. The Kier molecular flexibility index (Phi) is 11.3. The summed E-state index contributed by atoms with van der Waals surface area (Å²) in [7, 11) is 0. The summed E-state index contributed by atoms with van der Waals surface area (Å²) in [5.41, 5.74) is 2.33. The molecule has 3 N–H and O–H groups in total. The zero-order valence-corrected chi connectivity index (χ0v) is 21.5. The van der Waals surface area contributed by atoms with Gasteiger partial charge < -0.3 is 25.4 Å². The minimum absolute atomic E-state index is 0.0443. The van der Waals surface area contributed by atoms with Crippen LogP contribution in [0.3, 0.4) is 0 Å². The number of hydrogen-bond acceptors (Lipinski definition) is 8. The van der Waals surface area contributed by atoms with Gasteiger partial charge in [0.25, 0.3) is 5.91 Å². The van der Waals surface area contributed by atoms with Crippen LogP contribution in [-0.4, -0.2) is 82.3 Å². The first-order chi connectivity index (χ1) is 17.5. The zero-order valence-electron chi connectivity index (χ0n) is 20.7. The predicted molar refractivity (Wildman–Crippen MR) is 137 cm³/mol. The van der Waals surface area contributed by atoms with Crippen molar-refractivity contribution in [3.05, 3.63) is 46.6 Å². The predicted octanol–water partition coefficient (Wildman–Crippen LogP) is 2.82. The summed E-state index contributed by atoms with van der Waals surface area (Å²) in [4.78, 5) is 38.8. The van der Waals surface area contributed by atoms with Crippen molar-refractivity contribution in [2.75, 3.05) is 44.7 Å². The molecule has 2 aromatic rings. The van der Waals surface area contributed by atoms with Crippen LogP contribution in [0.4, 0.5) is 5.82 Å². The molecule has 0 aromatic carbocycles. The Bertz CT molecular complexity index is 1010. The number of carboxylic acids is 1. The van der Waals surface area contributed by atoms with Gasteiger partial charge in [-0.25, -0.2) is 19.7 Å². The summed E-state index contributed by atoms with van der Waals surface area (Å²) >= 11 is 5.97. The summed E-state index contributed by atoms with van der Waals surface area (Å²) in [6.45, 7) is 6.10. The number of ether oxygens (including phenoxy) is 1. The van der Waals surface area contributed by atoms with Gasteiger partial charge in [0, 0.05) is 38.1 Å². The van der Waals surface area contributed by atoms with Crippen LogP contribution in [0.25, 0.3) is 0 Å². The summed E-state index contributed by atoms with van der Waals surface area (Å²) < 4.78 is 5.51. The summed E-state index contributed by atoms with van der Waals surface area (Å²) in [6.07, 6.45) is 7.77. The highest BCUT2D eigenvalue weighted by Gasteiger charge is 2.23. The molecule has 1 aliphatic rings. The van der Waals surface area contributed by atoms with Crippen molar-refractivity contribution in [1.82, 2.24) is 25.2 Å². The minimum Gasteiger partial charge on any atom is -0.480 e. The third kappa shape index (κ3) is 8.69. The van der Waals surface area contributed by atoms with E-state index in [0.29, 0.717) is 26.3 Å². The number of fused-ring (bicyclic) bond motifs is 1. The number of pyridine rings is 1. The zero-order chi connectivity index (χ0) is 25.8. The van der Waals surface area contributed by atoms with Crippen LogP contribution >= 0.6 is 11.6 Å². The second kappa shape index (κ2) is 14.7. The fourth-order valence-electron chi connectivity index (χ4n) is 4.10. The van der Waals surface area contributed by atoms with Crippen molar-refractivity contribution >= 4 is 29.3 Å². The van der Waals surface area contributed by atoms with E-state index in [1.165, 1.54) is 18.1 Å². The van der Waals surface area contributed by atoms with Crippen molar-refractivity contribution in [2.45, 2.75) is 51.5 Å². The lowest BCUT2D eigenvalue weighted by atomic mass is 10.1. The average molecular weight is 519 g/mol. The third-order valence-corrected chi connectivity index (χ3v) is 6.36. The smallest absolute Gasteiger partial charge is 0.326 e. The molecule has 0 bridgehead atoms. The summed E-state index contributed by atoms with van der Waals surface area (Å²) in [5.74, 6) is -0.727. The molecular formula is C25H35ClN6O4. The maximum absolute atomic E-state index is 12.5. The number of aryl methyl sites for hydroxylation is 2. The number of hydrogen-bond donors (Lipinski definition) is 3. The Balaban J connectivity index is 1.49. The van der Waals surface area contributed by atoms with E-state index < -0.39 is 17.9 Å². The number of amides is 1. The van der Waals surface area contributed by atoms with E-state index in [-0.39, 0.29) is 17.1 Å². The Labute approximate surface area is 216 Å². The fraction of sp³-hybridized carbons (Fsp3) is 0.560. The first kappa shape index (κ1) is 27.8. The highest BCUT2D eigenvalue weighted by atomic mass is 35.5. The molecule has 3 heterocycles. The number of halogens is 1. The molecule has 0 fully saturated rings. The highest BCUT2D eigenvalue weighted by Crippen LogP contribution is 2.20. The van der Waals surface area contributed by atoms with E-state index in [0.717, 1.165) is 56.7 Å². The molecule has 3 rings (SSSR count). The second-order valence-corrected chi connectivity index (χ2v) is 9.12. The van der Waals surface area contributed by atoms with Crippen LogP contribution in [0, 0.1) is 0 Å². The highest BCUT2D eigenvalue weighted by molar-refractivity contribution is 6.33. The number of anilines is 1. The van der Waals surface area contributed by atoms with Crippen molar-refractivity contribution in [2.24, 2.45) is 0 Å². The van der Waals surface area contributed by atoms with Crippen LogP contribution in [0.15, 0.2) is 24.7 Å². The van der Waals surface area contributed by atoms with Gasteiger partial charge in [-0.3, -0.25) is 4.79 Å². The molecule has 0 radical (unpaired) electrons. The van der Waals surface area contributed by atoms with Gasteiger partial charge in [-0.1, -0.05) is 17.7 Å². The van der Waals surface area contributed by atoms with E-state index in [1.54, 1.807) is 0 Å². The monoisotopic (exact) mass is 518 g/mol. The molecule has 10 nitrogen and oxygen atoms in total. The Hall–Kier alpha value is -2.82. The number of nitrogens with zero attached hydrogens (tertiary/aromatic N) is 4. The second-order valence-electron chi connectivity index (χ2n) is 8.71. The number of unbranched alkanes of at least 4 members (excludes halogenated alkanes) is 1. The van der Waals surface area contributed by atoms with Crippen LogP contribution in [0.1, 0.15) is 54.4 Å². The number of carboxylic acid groups (broad SMARTS) is 1. The van der Waals surface area contributed by atoms with Crippen molar-refractivity contribution in [3.8, 4) is 0 Å². The quantitative estimate of drug-likeness (QED) is 0.305. The Morgan fingerprint density at radius 1 is 1.28 bits per heavy atom. The average Bonchev–Trinajstić information content (AvgIpc) is 2.88. The van der Waals surface area contributed by atoms with Crippen molar-refractivity contribution < 1.29 is 19.4 Å². The molecule has 11 heteroatoms. The molecule has 0 saturated heterocycles. The largest absolute Gasteiger partial charge is 0.480 e. The van der Waals surface area contributed by atoms with Crippen molar-refractivity contribution in [3.63, 3.8) is 0 Å². The van der Waals surface area contributed by atoms with Gasteiger partial charge in [0.1, 0.15) is 23.9 Å². The Morgan fingerprint density at radius 3 is 2.92 bits per heavy atom. The number of carbonyl (C=O) groups excluding carboxylic acids is 1. The lowest BCUT2D eigenvalue weighted by Gasteiger charge is -2.24. The maximum atomic E-state index is 12.5. The first-order valence-corrected chi connectivity index (χ1v) is 12.9. The molecule has 1 aliphatic heterocycles. The van der Waals surface area contributed by atoms with E-state index in [9.17, 15) is 14.7 Å². The molecule has 1 amide bonds. The number of aliphatic carboxylic acids is 1. The molecule has 1 atom stereocenters.